The van der Waals surface area contributed by atoms with Crippen LogP contribution in [0.5, 0.6) is 5.75 Å². The molecule has 0 radical (unpaired) electrons. The summed E-state index contributed by atoms with van der Waals surface area (Å²) in [5.41, 5.74) is 2.98. The number of aryl methyl sites for hydroxylation is 1. The van der Waals surface area contributed by atoms with Crippen molar-refractivity contribution < 1.29 is 4.74 Å². The molecular weight excluding hydrogens is 222 g/mol. The van der Waals surface area contributed by atoms with Gasteiger partial charge >= 0.3 is 0 Å². The van der Waals surface area contributed by atoms with E-state index in [1.54, 1.807) is 7.11 Å². The molecule has 0 heterocycles. The lowest BCUT2D eigenvalue weighted by Gasteiger charge is -2.24. The van der Waals surface area contributed by atoms with E-state index in [2.05, 4.69) is 23.5 Å². The molecule has 2 nitrogen and oxygen atoms in total. The van der Waals surface area contributed by atoms with E-state index in [0.29, 0.717) is 0 Å². The van der Waals surface area contributed by atoms with Gasteiger partial charge in [-0.15, -0.1) is 12.4 Å². The first-order valence-corrected chi connectivity index (χ1v) is 5.64. The smallest absolute Gasteiger partial charge is 0.119 e. The molecule has 1 atom stereocenters. The summed E-state index contributed by atoms with van der Waals surface area (Å²) in [4.78, 5) is 0. The molecule has 2 rings (SSSR count). The van der Waals surface area contributed by atoms with Gasteiger partial charge < -0.3 is 10.1 Å². The zero-order valence-electron chi connectivity index (χ0n) is 9.95. The number of fused-ring (bicyclic) bond motifs is 1. The lowest BCUT2D eigenvalue weighted by molar-refractivity contribution is 0.409. The standard InChI is InChI=1S/C13H19NO.ClH/c1-14-9-10-3-4-12-8-13(15-2)6-5-11(12)7-10;/h5-6,8,10,14H,3-4,7,9H2,1-2H3;1H. The minimum atomic E-state index is 0. The Morgan fingerprint density at radius 1 is 1.38 bits per heavy atom. The molecule has 1 N–H and O–H groups in total. The Bertz CT molecular complexity index is 341. The van der Waals surface area contributed by atoms with Crippen LogP contribution in [0.3, 0.4) is 0 Å². The lowest BCUT2D eigenvalue weighted by Crippen LogP contribution is -2.24. The highest BCUT2D eigenvalue weighted by molar-refractivity contribution is 5.85. The normalized spacial score (nSPS) is 18.5. The number of halogens is 1. The number of benzene rings is 1. The SMILES string of the molecule is CNCC1CCc2cc(OC)ccc2C1.Cl. The third-order valence-electron chi connectivity index (χ3n) is 3.24. The molecule has 3 heteroatoms. The Morgan fingerprint density at radius 3 is 2.88 bits per heavy atom. The van der Waals surface area contributed by atoms with Crippen molar-refractivity contribution in [2.24, 2.45) is 5.92 Å². The molecule has 0 fully saturated rings. The predicted octanol–water partition coefficient (Wildman–Crippen LogP) is 2.44. The summed E-state index contributed by atoms with van der Waals surface area (Å²) in [6, 6.07) is 6.47. The van der Waals surface area contributed by atoms with Crippen LogP contribution in [-0.4, -0.2) is 20.7 Å². The van der Waals surface area contributed by atoms with Crippen LogP contribution < -0.4 is 10.1 Å². The zero-order chi connectivity index (χ0) is 10.7. The summed E-state index contributed by atoms with van der Waals surface area (Å²) in [7, 11) is 3.76. The highest BCUT2D eigenvalue weighted by Gasteiger charge is 2.18. The van der Waals surface area contributed by atoms with Crippen LogP contribution in [0.4, 0.5) is 0 Å². The molecule has 1 aliphatic carbocycles. The first-order chi connectivity index (χ1) is 7.33. The molecule has 0 amide bonds. The van der Waals surface area contributed by atoms with Crippen LogP contribution in [0, 0.1) is 5.92 Å². The van der Waals surface area contributed by atoms with Gasteiger partial charge in [-0.05, 0) is 62.0 Å². The van der Waals surface area contributed by atoms with Gasteiger partial charge in [0, 0.05) is 0 Å². The molecule has 0 bridgehead atoms. The van der Waals surface area contributed by atoms with E-state index in [4.69, 9.17) is 4.74 Å². The van der Waals surface area contributed by atoms with E-state index in [-0.39, 0.29) is 12.4 Å². The van der Waals surface area contributed by atoms with Gasteiger partial charge in [0.15, 0.2) is 0 Å². The highest BCUT2D eigenvalue weighted by atomic mass is 35.5. The van der Waals surface area contributed by atoms with Crippen LogP contribution in [0.1, 0.15) is 17.5 Å². The summed E-state index contributed by atoms with van der Waals surface area (Å²) in [5.74, 6) is 1.79. The predicted molar refractivity (Wildman–Crippen MR) is 69.7 cm³/mol. The average Bonchev–Trinajstić information content (AvgIpc) is 2.29. The third kappa shape index (κ3) is 2.89. The van der Waals surface area contributed by atoms with Crippen molar-refractivity contribution in [2.75, 3.05) is 20.7 Å². The van der Waals surface area contributed by atoms with Gasteiger partial charge in [0.2, 0.25) is 0 Å². The molecule has 0 saturated heterocycles. The van der Waals surface area contributed by atoms with Gasteiger partial charge in [-0.25, -0.2) is 0 Å². The number of rotatable bonds is 3. The van der Waals surface area contributed by atoms with Crippen molar-refractivity contribution in [1.82, 2.24) is 5.32 Å². The maximum Gasteiger partial charge on any atom is 0.119 e. The molecule has 0 spiro atoms. The molecule has 1 unspecified atom stereocenters. The summed E-state index contributed by atoms with van der Waals surface area (Å²) in [6.45, 7) is 1.13. The Balaban J connectivity index is 0.00000128. The number of methoxy groups -OCH3 is 1. The van der Waals surface area contributed by atoms with Crippen LogP contribution in [-0.2, 0) is 12.8 Å². The van der Waals surface area contributed by atoms with E-state index in [9.17, 15) is 0 Å². The van der Waals surface area contributed by atoms with Gasteiger partial charge in [-0.3, -0.25) is 0 Å². The Hall–Kier alpha value is -0.730. The maximum atomic E-state index is 5.24. The quantitative estimate of drug-likeness (QED) is 0.878. The Morgan fingerprint density at radius 2 is 2.19 bits per heavy atom. The number of hydrogen-bond donors (Lipinski definition) is 1. The van der Waals surface area contributed by atoms with E-state index in [1.165, 1.54) is 30.4 Å². The van der Waals surface area contributed by atoms with Crippen molar-refractivity contribution in [3.8, 4) is 5.75 Å². The topological polar surface area (TPSA) is 21.3 Å². The van der Waals surface area contributed by atoms with Gasteiger partial charge in [0.1, 0.15) is 5.75 Å². The largest absolute Gasteiger partial charge is 0.497 e. The molecule has 16 heavy (non-hydrogen) atoms. The molecule has 0 saturated carbocycles. The molecule has 0 aromatic heterocycles. The molecule has 0 aliphatic heterocycles. The van der Waals surface area contributed by atoms with Crippen molar-refractivity contribution in [2.45, 2.75) is 19.3 Å². The molecule has 1 aromatic carbocycles. The average molecular weight is 242 g/mol. The Kier molecular flexibility index (Phi) is 5.10. The second-order valence-electron chi connectivity index (χ2n) is 4.30. The monoisotopic (exact) mass is 241 g/mol. The first-order valence-electron chi connectivity index (χ1n) is 5.64. The van der Waals surface area contributed by atoms with E-state index >= 15 is 0 Å². The second-order valence-corrected chi connectivity index (χ2v) is 4.30. The van der Waals surface area contributed by atoms with Crippen LogP contribution >= 0.6 is 12.4 Å². The highest BCUT2D eigenvalue weighted by Crippen LogP contribution is 2.28. The van der Waals surface area contributed by atoms with Gasteiger partial charge in [0.05, 0.1) is 7.11 Å². The van der Waals surface area contributed by atoms with Crippen molar-refractivity contribution >= 4 is 12.4 Å². The third-order valence-corrected chi connectivity index (χ3v) is 3.24. The number of nitrogens with one attached hydrogen (secondary N) is 1. The fourth-order valence-electron chi connectivity index (χ4n) is 2.40. The number of ether oxygens (including phenoxy) is 1. The minimum Gasteiger partial charge on any atom is -0.497 e. The summed E-state index contributed by atoms with van der Waals surface area (Å²) >= 11 is 0. The molecule has 1 aliphatic rings. The van der Waals surface area contributed by atoms with Crippen LogP contribution in [0.2, 0.25) is 0 Å². The van der Waals surface area contributed by atoms with Crippen LogP contribution in [0.15, 0.2) is 18.2 Å². The maximum absolute atomic E-state index is 5.24. The minimum absolute atomic E-state index is 0. The molecular formula is C13H20ClNO. The van der Waals surface area contributed by atoms with Crippen molar-refractivity contribution in [1.29, 1.82) is 0 Å². The van der Waals surface area contributed by atoms with E-state index < -0.39 is 0 Å². The number of hydrogen-bond acceptors (Lipinski definition) is 2. The molecule has 1 aromatic rings. The van der Waals surface area contributed by atoms with Gasteiger partial charge in [-0.1, -0.05) is 6.07 Å². The summed E-state index contributed by atoms with van der Waals surface area (Å²) in [5, 5.41) is 3.27. The lowest BCUT2D eigenvalue weighted by atomic mass is 9.84. The summed E-state index contributed by atoms with van der Waals surface area (Å²) in [6.07, 6.45) is 3.69. The van der Waals surface area contributed by atoms with Crippen LogP contribution in [0.25, 0.3) is 0 Å². The van der Waals surface area contributed by atoms with Gasteiger partial charge in [-0.2, -0.15) is 0 Å². The second kappa shape index (κ2) is 6.12. The zero-order valence-corrected chi connectivity index (χ0v) is 10.8. The van der Waals surface area contributed by atoms with E-state index in [1.807, 2.05) is 7.05 Å². The van der Waals surface area contributed by atoms with Crippen molar-refractivity contribution in [3.63, 3.8) is 0 Å². The fourth-order valence-corrected chi connectivity index (χ4v) is 2.40. The Labute approximate surface area is 104 Å². The van der Waals surface area contributed by atoms with E-state index in [0.717, 1.165) is 18.2 Å². The first kappa shape index (κ1) is 13.3. The summed E-state index contributed by atoms with van der Waals surface area (Å²) < 4.78 is 5.24. The van der Waals surface area contributed by atoms with Gasteiger partial charge in [0.25, 0.3) is 0 Å². The van der Waals surface area contributed by atoms with Crippen molar-refractivity contribution in [3.05, 3.63) is 29.3 Å². The fraction of sp³-hybridized carbons (Fsp3) is 0.538. The molecule has 90 valence electrons.